The summed E-state index contributed by atoms with van der Waals surface area (Å²) in [5.41, 5.74) is 2.17. The van der Waals surface area contributed by atoms with E-state index in [1.807, 2.05) is 37.3 Å². The number of thioether (sulfide) groups is 1. The Labute approximate surface area is 161 Å². The minimum absolute atomic E-state index is 0.00932. The molecule has 1 aromatic carbocycles. The highest BCUT2D eigenvalue weighted by Gasteiger charge is 2.16. The van der Waals surface area contributed by atoms with Crippen molar-refractivity contribution in [3.8, 4) is 11.4 Å². The molecule has 1 atom stereocenters. The molecule has 0 spiro atoms. The molecule has 5 nitrogen and oxygen atoms in total. The summed E-state index contributed by atoms with van der Waals surface area (Å²) in [6.07, 6.45) is 0. The number of nitrogens with one attached hydrogen (secondary N) is 1. The van der Waals surface area contributed by atoms with Gasteiger partial charge in [0.15, 0.2) is 11.0 Å². The number of hydrogen-bond acceptors (Lipinski definition) is 5. The molecule has 1 N–H and O–H groups in total. The number of hydrogen-bond donors (Lipinski definition) is 1. The largest absolute Gasteiger partial charge is 0.349 e. The van der Waals surface area contributed by atoms with Crippen molar-refractivity contribution < 1.29 is 4.79 Å². The number of benzene rings is 1. The number of rotatable bonds is 7. The third kappa shape index (κ3) is 4.34. The van der Waals surface area contributed by atoms with Crippen molar-refractivity contribution in [3.05, 3.63) is 52.2 Å². The minimum atomic E-state index is -0.0160. The predicted octanol–water partition coefficient (Wildman–Crippen LogP) is 4.30. The van der Waals surface area contributed by atoms with E-state index in [1.165, 1.54) is 16.6 Å². The number of carbonyl (C=O) groups is 1. The van der Waals surface area contributed by atoms with Gasteiger partial charge in [0.1, 0.15) is 0 Å². The van der Waals surface area contributed by atoms with Crippen LogP contribution in [-0.2, 0) is 11.3 Å². The van der Waals surface area contributed by atoms with Crippen LogP contribution in [0.2, 0.25) is 0 Å². The molecule has 136 valence electrons. The zero-order chi connectivity index (χ0) is 18.5. The van der Waals surface area contributed by atoms with E-state index in [0.717, 1.165) is 28.7 Å². The van der Waals surface area contributed by atoms with E-state index >= 15 is 0 Å². The van der Waals surface area contributed by atoms with Gasteiger partial charge < -0.3 is 9.88 Å². The van der Waals surface area contributed by atoms with Gasteiger partial charge in [-0.3, -0.25) is 4.79 Å². The van der Waals surface area contributed by atoms with E-state index < -0.39 is 0 Å². The van der Waals surface area contributed by atoms with Gasteiger partial charge in [-0.2, -0.15) is 0 Å². The summed E-state index contributed by atoms with van der Waals surface area (Å²) in [5, 5.41) is 14.5. The molecule has 3 rings (SSSR count). The van der Waals surface area contributed by atoms with E-state index in [4.69, 9.17) is 0 Å². The number of nitrogens with zero attached hydrogens (tertiary/aromatic N) is 3. The summed E-state index contributed by atoms with van der Waals surface area (Å²) in [6.45, 7) is 6.90. The average molecular weight is 387 g/mol. The van der Waals surface area contributed by atoms with Crippen LogP contribution < -0.4 is 5.32 Å². The number of aromatic nitrogens is 3. The van der Waals surface area contributed by atoms with Crippen LogP contribution in [0.1, 0.15) is 30.3 Å². The summed E-state index contributed by atoms with van der Waals surface area (Å²) in [4.78, 5) is 13.5. The van der Waals surface area contributed by atoms with Crippen molar-refractivity contribution in [3.63, 3.8) is 0 Å². The number of amides is 1. The van der Waals surface area contributed by atoms with Gasteiger partial charge in [0.05, 0.1) is 11.8 Å². The maximum atomic E-state index is 12.3. The van der Waals surface area contributed by atoms with Gasteiger partial charge in [-0.15, -0.1) is 21.5 Å². The lowest BCUT2D eigenvalue weighted by molar-refractivity contribution is -0.119. The van der Waals surface area contributed by atoms with Crippen LogP contribution in [0.15, 0.2) is 46.9 Å². The zero-order valence-electron chi connectivity index (χ0n) is 15.1. The molecule has 1 unspecified atom stereocenters. The molecule has 0 aliphatic carbocycles. The Bertz CT molecular complexity index is 873. The van der Waals surface area contributed by atoms with Crippen LogP contribution in [0.5, 0.6) is 0 Å². The Morgan fingerprint density at radius 1 is 1.31 bits per heavy atom. The van der Waals surface area contributed by atoms with Crippen molar-refractivity contribution >= 4 is 29.0 Å². The zero-order valence-corrected chi connectivity index (χ0v) is 16.7. The maximum Gasteiger partial charge on any atom is 0.230 e. The number of aryl methyl sites for hydroxylation is 1. The number of thiophene rings is 1. The molecule has 3 aromatic rings. The lowest BCUT2D eigenvalue weighted by Gasteiger charge is -2.14. The third-order valence-corrected chi connectivity index (χ3v) is 5.86. The summed E-state index contributed by atoms with van der Waals surface area (Å²) >= 11 is 3.12. The fraction of sp³-hybridized carbons (Fsp3) is 0.316. The molecule has 0 aliphatic rings. The quantitative estimate of drug-likeness (QED) is 0.615. The molecule has 1 amide bonds. The highest BCUT2D eigenvalue weighted by atomic mass is 32.2. The second-order valence-electron chi connectivity index (χ2n) is 5.99. The Balaban J connectivity index is 1.62. The highest BCUT2D eigenvalue weighted by molar-refractivity contribution is 7.99. The molecular weight excluding hydrogens is 364 g/mol. The summed E-state index contributed by atoms with van der Waals surface area (Å²) in [6, 6.07) is 12.1. The molecule has 2 heterocycles. The normalized spacial score (nSPS) is 12.1. The van der Waals surface area contributed by atoms with E-state index in [-0.39, 0.29) is 11.9 Å². The maximum absolute atomic E-state index is 12.3. The SMILES string of the molecule is CCn1c(SCC(=O)NC(C)c2ccccc2)nnc1-c1csc(C)c1. The van der Waals surface area contributed by atoms with Crippen molar-refractivity contribution in [2.24, 2.45) is 0 Å². The predicted molar refractivity (Wildman–Crippen MR) is 107 cm³/mol. The number of carbonyl (C=O) groups excluding carboxylic acids is 1. The van der Waals surface area contributed by atoms with Gasteiger partial charge in [-0.1, -0.05) is 42.1 Å². The van der Waals surface area contributed by atoms with E-state index in [2.05, 4.69) is 45.4 Å². The summed E-state index contributed by atoms with van der Waals surface area (Å²) < 4.78 is 2.06. The van der Waals surface area contributed by atoms with Crippen LogP contribution >= 0.6 is 23.1 Å². The topological polar surface area (TPSA) is 59.8 Å². The molecule has 2 aromatic heterocycles. The van der Waals surface area contributed by atoms with Gasteiger partial charge in [-0.05, 0) is 32.4 Å². The second kappa shape index (κ2) is 8.51. The Hall–Kier alpha value is -2.12. The standard InChI is InChI=1S/C19H22N4OS2/c1-4-23-18(16-10-13(2)25-11-16)21-22-19(23)26-12-17(24)20-14(3)15-8-6-5-7-9-15/h5-11,14H,4,12H2,1-3H3,(H,20,24). The molecule has 0 saturated heterocycles. The molecule has 26 heavy (non-hydrogen) atoms. The van der Waals surface area contributed by atoms with Crippen molar-refractivity contribution in [2.75, 3.05) is 5.75 Å². The molecule has 0 saturated carbocycles. The third-order valence-electron chi connectivity index (χ3n) is 4.03. The van der Waals surface area contributed by atoms with Crippen molar-refractivity contribution in [2.45, 2.75) is 38.5 Å². The molecule has 0 radical (unpaired) electrons. The van der Waals surface area contributed by atoms with Gasteiger partial charge in [0, 0.05) is 22.4 Å². The Morgan fingerprint density at radius 3 is 2.73 bits per heavy atom. The van der Waals surface area contributed by atoms with Crippen molar-refractivity contribution in [1.29, 1.82) is 0 Å². The molecule has 0 aliphatic heterocycles. The lowest BCUT2D eigenvalue weighted by Crippen LogP contribution is -2.28. The second-order valence-corrected chi connectivity index (χ2v) is 8.04. The molecule has 0 fully saturated rings. The lowest BCUT2D eigenvalue weighted by atomic mass is 10.1. The van der Waals surface area contributed by atoms with E-state index in [1.54, 1.807) is 11.3 Å². The monoisotopic (exact) mass is 386 g/mol. The first-order valence-electron chi connectivity index (χ1n) is 8.54. The Kier molecular flexibility index (Phi) is 6.11. The first-order chi connectivity index (χ1) is 12.6. The van der Waals surface area contributed by atoms with Gasteiger partial charge in [0.25, 0.3) is 0 Å². The van der Waals surface area contributed by atoms with Crippen LogP contribution in [-0.4, -0.2) is 26.4 Å². The van der Waals surface area contributed by atoms with Crippen LogP contribution in [0.3, 0.4) is 0 Å². The minimum Gasteiger partial charge on any atom is -0.349 e. The molecular formula is C19H22N4OS2. The van der Waals surface area contributed by atoms with Crippen LogP contribution in [0, 0.1) is 6.92 Å². The smallest absolute Gasteiger partial charge is 0.230 e. The fourth-order valence-electron chi connectivity index (χ4n) is 2.69. The van der Waals surface area contributed by atoms with Crippen LogP contribution in [0.25, 0.3) is 11.4 Å². The molecule has 7 heteroatoms. The summed E-state index contributed by atoms with van der Waals surface area (Å²) in [5.74, 6) is 1.17. The summed E-state index contributed by atoms with van der Waals surface area (Å²) in [7, 11) is 0. The van der Waals surface area contributed by atoms with E-state index in [9.17, 15) is 4.79 Å². The Morgan fingerprint density at radius 2 is 2.08 bits per heavy atom. The first kappa shape index (κ1) is 18.7. The van der Waals surface area contributed by atoms with Gasteiger partial charge in [0.2, 0.25) is 5.91 Å². The van der Waals surface area contributed by atoms with E-state index in [0.29, 0.717) is 5.75 Å². The highest BCUT2D eigenvalue weighted by Crippen LogP contribution is 2.27. The van der Waals surface area contributed by atoms with Gasteiger partial charge >= 0.3 is 0 Å². The van der Waals surface area contributed by atoms with Crippen LogP contribution in [0.4, 0.5) is 0 Å². The first-order valence-corrected chi connectivity index (χ1v) is 10.4. The average Bonchev–Trinajstić information content (AvgIpc) is 3.26. The fourth-order valence-corrected chi connectivity index (χ4v) is 4.19. The van der Waals surface area contributed by atoms with Crippen molar-refractivity contribution in [1.82, 2.24) is 20.1 Å². The molecule has 0 bridgehead atoms. The van der Waals surface area contributed by atoms with Gasteiger partial charge in [-0.25, -0.2) is 0 Å².